The van der Waals surface area contributed by atoms with E-state index in [-0.39, 0.29) is 0 Å². The lowest BCUT2D eigenvalue weighted by molar-refractivity contribution is 0.131. The van der Waals surface area contributed by atoms with E-state index in [1.165, 1.54) is 232 Å². The molecule has 0 aliphatic carbocycles. The summed E-state index contributed by atoms with van der Waals surface area (Å²) in [4.78, 5) is 5.46. The minimum Gasteiger partial charge on any atom is -0.309 e. The quantitative estimate of drug-likeness (QED) is 0.0456. The maximum absolute atomic E-state index is 3.91. The lowest BCUT2D eigenvalue weighted by atomic mass is 9.91. The molecule has 2 unspecified atom stereocenters. The Morgan fingerprint density at radius 3 is 1.33 bits per heavy atom. The molecule has 0 saturated carbocycles. The lowest BCUT2D eigenvalue weighted by Gasteiger charge is -2.36. The summed E-state index contributed by atoms with van der Waals surface area (Å²) in [5.41, 5.74) is 0. The first-order valence-corrected chi connectivity index (χ1v) is 23.9. The van der Waals surface area contributed by atoms with Crippen LogP contribution in [0.5, 0.6) is 0 Å². The van der Waals surface area contributed by atoms with Crippen LogP contribution in [0, 0.1) is 5.92 Å². The van der Waals surface area contributed by atoms with Crippen LogP contribution in [-0.4, -0.2) is 49.6 Å². The SMILES string of the molecule is C=CCCCCCCCCC(CCCCCCCC/C=C\C/C=C\CCCCC)N(CCCN(C)C)CC(CCCCCC)CCCCCCCC. The standard InChI is InChI=1S/C50H98N2/c1-7-11-15-19-22-24-25-26-27-28-29-30-31-33-36-40-45-50(44-39-35-32-23-20-16-12-8-2)52(47-41-46-51(5)6)48-49(42-37-18-14-10-4)43-38-34-21-17-13-9-3/h8,22,24,26-27,49-50H,2,7,9-21,23,25,28-48H2,1,3-6H3/b24-22-,27-26-. The molecule has 0 fully saturated rings. The Morgan fingerprint density at radius 2 is 0.827 bits per heavy atom. The molecule has 2 heteroatoms. The molecule has 0 spiro atoms. The van der Waals surface area contributed by atoms with Crippen molar-refractivity contribution in [1.29, 1.82) is 0 Å². The Hall–Kier alpha value is -0.860. The summed E-state index contributed by atoms with van der Waals surface area (Å²) in [5, 5.41) is 0. The van der Waals surface area contributed by atoms with Crippen LogP contribution in [-0.2, 0) is 0 Å². The largest absolute Gasteiger partial charge is 0.309 e. The van der Waals surface area contributed by atoms with E-state index in [0.29, 0.717) is 0 Å². The van der Waals surface area contributed by atoms with Crippen molar-refractivity contribution in [2.75, 3.05) is 33.7 Å². The molecule has 0 aliphatic rings. The van der Waals surface area contributed by atoms with Crippen molar-refractivity contribution in [3.63, 3.8) is 0 Å². The average Bonchev–Trinajstić information content (AvgIpc) is 3.14. The highest BCUT2D eigenvalue weighted by Gasteiger charge is 2.22. The first-order chi connectivity index (χ1) is 25.6. The summed E-state index contributed by atoms with van der Waals surface area (Å²) in [5.74, 6) is 0.894. The molecule has 0 saturated heterocycles. The molecule has 0 bridgehead atoms. The Kier molecular flexibility index (Phi) is 42.2. The number of hydrogen-bond acceptors (Lipinski definition) is 2. The van der Waals surface area contributed by atoms with Crippen LogP contribution in [0.3, 0.4) is 0 Å². The van der Waals surface area contributed by atoms with Gasteiger partial charge in [-0.25, -0.2) is 0 Å². The Labute approximate surface area is 330 Å². The zero-order valence-corrected chi connectivity index (χ0v) is 36.8. The van der Waals surface area contributed by atoms with Crippen molar-refractivity contribution in [2.45, 2.75) is 245 Å². The normalized spacial score (nSPS) is 13.4. The molecule has 2 nitrogen and oxygen atoms in total. The second-order valence-electron chi connectivity index (χ2n) is 16.9. The van der Waals surface area contributed by atoms with Crippen molar-refractivity contribution < 1.29 is 0 Å². The van der Waals surface area contributed by atoms with E-state index in [2.05, 4.69) is 81.6 Å². The van der Waals surface area contributed by atoms with E-state index in [4.69, 9.17) is 0 Å². The van der Waals surface area contributed by atoms with Gasteiger partial charge >= 0.3 is 0 Å². The number of hydrogen-bond donors (Lipinski definition) is 0. The van der Waals surface area contributed by atoms with Gasteiger partial charge in [0.1, 0.15) is 0 Å². The molecule has 52 heavy (non-hydrogen) atoms. The number of rotatable bonds is 43. The summed E-state index contributed by atoms with van der Waals surface area (Å²) in [7, 11) is 4.52. The zero-order chi connectivity index (χ0) is 38.0. The molecule has 0 aromatic rings. The van der Waals surface area contributed by atoms with Crippen LogP contribution in [0.4, 0.5) is 0 Å². The summed E-state index contributed by atoms with van der Waals surface area (Å²) >= 11 is 0. The highest BCUT2D eigenvalue weighted by atomic mass is 15.2. The van der Waals surface area contributed by atoms with Gasteiger partial charge in [-0.05, 0) is 110 Å². The van der Waals surface area contributed by atoms with Crippen LogP contribution in [0.25, 0.3) is 0 Å². The zero-order valence-electron chi connectivity index (χ0n) is 36.8. The predicted octanol–water partition coefficient (Wildman–Crippen LogP) is 16.5. The fourth-order valence-electron chi connectivity index (χ4n) is 8.00. The molecule has 0 radical (unpaired) electrons. The molecule has 0 aromatic carbocycles. The first-order valence-electron chi connectivity index (χ1n) is 23.9. The molecular formula is C50H98N2. The Balaban J connectivity index is 5.13. The van der Waals surface area contributed by atoms with E-state index < -0.39 is 0 Å². The van der Waals surface area contributed by atoms with Gasteiger partial charge in [0, 0.05) is 12.6 Å². The van der Waals surface area contributed by atoms with Crippen molar-refractivity contribution in [3.05, 3.63) is 37.0 Å². The first kappa shape index (κ1) is 51.1. The maximum atomic E-state index is 3.91. The summed E-state index contributed by atoms with van der Waals surface area (Å²) in [6, 6.07) is 0.788. The van der Waals surface area contributed by atoms with Gasteiger partial charge in [-0.1, -0.05) is 192 Å². The minimum atomic E-state index is 0.788. The third-order valence-electron chi connectivity index (χ3n) is 11.4. The van der Waals surface area contributed by atoms with E-state index in [9.17, 15) is 0 Å². The van der Waals surface area contributed by atoms with Crippen LogP contribution < -0.4 is 0 Å². The number of allylic oxidation sites excluding steroid dienone is 5. The van der Waals surface area contributed by atoms with Gasteiger partial charge < -0.3 is 9.80 Å². The molecule has 0 amide bonds. The van der Waals surface area contributed by atoms with Crippen molar-refractivity contribution in [2.24, 2.45) is 5.92 Å². The van der Waals surface area contributed by atoms with Crippen LogP contribution in [0.1, 0.15) is 239 Å². The minimum absolute atomic E-state index is 0.788. The van der Waals surface area contributed by atoms with Crippen LogP contribution >= 0.6 is 0 Å². The van der Waals surface area contributed by atoms with Crippen molar-refractivity contribution in [1.82, 2.24) is 9.80 Å². The monoisotopic (exact) mass is 727 g/mol. The van der Waals surface area contributed by atoms with Crippen molar-refractivity contribution in [3.8, 4) is 0 Å². The Bertz CT molecular complexity index is 739. The van der Waals surface area contributed by atoms with E-state index in [0.717, 1.165) is 18.4 Å². The highest BCUT2D eigenvalue weighted by molar-refractivity contribution is 4.92. The summed E-state index contributed by atoms with van der Waals surface area (Å²) in [6.07, 6.45) is 58.7. The van der Waals surface area contributed by atoms with Crippen molar-refractivity contribution >= 4 is 0 Å². The lowest BCUT2D eigenvalue weighted by Crippen LogP contribution is -2.40. The fourth-order valence-corrected chi connectivity index (χ4v) is 8.00. The number of nitrogens with zero attached hydrogens (tertiary/aromatic N) is 2. The summed E-state index contributed by atoms with van der Waals surface area (Å²) < 4.78 is 0. The molecule has 0 N–H and O–H groups in total. The predicted molar refractivity (Wildman–Crippen MR) is 240 cm³/mol. The molecule has 0 rings (SSSR count). The summed E-state index contributed by atoms with van der Waals surface area (Å²) in [6.45, 7) is 14.8. The molecule has 2 atom stereocenters. The van der Waals surface area contributed by atoms with Gasteiger partial charge in [-0.15, -0.1) is 6.58 Å². The van der Waals surface area contributed by atoms with Gasteiger partial charge in [0.2, 0.25) is 0 Å². The average molecular weight is 727 g/mol. The highest BCUT2D eigenvalue weighted by Crippen LogP contribution is 2.25. The Morgan fingerprint density at radius 1 is 0.423 bits per heavy atom. The molecule has 0 aromatic heterocycles. The van der Waals surface area contributed by atoms with Gasteiger partial charge in [0.05, 0.1) is 0 Å². The van der Waals surface area contributed by atoms with E-state index in [1.54, 1.807) is 0 Å². The maximum Gasteiger partial charge on any atom is 0.00953 e. The second kappa shape index (κ2) is 42.9. The second-order valence-corrected chi connectivity index (χ2v) is 16.9. The van der Waals surface area contributed by atoms with Gasteiger partial charge in [-0.2, -0.15) is 0 Å². The smallest absolute Gasteiger partial charge is 0.00953 e. The van der Waals surface area contributed by atoms with E-state index in [1.807, 2.05) is 0 Å². The third-order valence-corrected chi connectivity index (χ3v) is 11.4. The van der Waals surface area contributed by atoms with Crippen LogP contribution in [0.2, 0.25) is 0 Å². The molecule has 308 valence electrons. The third kappa shape index (κ3) is 37.5. The van der Waals surface area contributed by atoms with Crippen LogP contribution in [0.15, 0.2) is 37.0 Å². The molecule has 0 heterocycles. The fraction of sp³-hybridized carbons (Fsp3) is 0.880. The van der Waals surface area contributed by atoms with Gasteiger partial charge in [0.15, 0.2) is 0 Å². The molecular weight excluding hydrogens is 629 g/mol. The van der Waals surface area contributed by atoms with E-state index >= 15 is 0 Å². The topological polar surface area (TPSA) is 6.48 Å². The number of unbranched alkanes of at least 4 members (excludes halogenated alkanes) is 23. The molecule has 0 aliphatic heterocycles. The van der Waals surface area contributed by atoms with Gasteiger partial charge in [0.25, 0.3) is 0 Å². The van der Waals surface area contributed by atoms with Gasteiger partial charge in [-0.3, -0.25) is 0 Å².